The maximum Gasteiger partial charge on any atom is 0.160 e. The Hall–Kier alpha value is -9.12. The topological polar surface area (TPSA) is 35.6 Å². The van der Waals surface area contributed by atoms with Crippen molar-refractivity contribution in [1.29, 1.82) is 0 Å². The van der Waals surface area contributed by atoms with Crippen LogP contribution in [0.4, 0.5) is 0 Å². The molecule has 0 saturated carbocycles. The van der Waals surface area contributed by atoms with E-state index in [4.69, 9.17) is 9.97 Å². The number of nitrogens with zero attached hydrogens (tertiary/aromatic N) is 4. The van der Waals surface area contributed by atoms with Crippen LogP contribution < -0.4 is 0 Å². The molecule has 0 fully saturated rings. The van der Waals surface area contributed by atoms with E-state index >= 15 is 0 Å². The Balaban J connectivity index is 0.976. The van der Waals surface area contributed by atoms with Crippen LogP contribution in [0.3, 0.4) is 0 Å². The highest BCUT2D eigenvalue weighted by molar-refractivity contribution is 6.12. The zero-order valence-electron chi connectivity index (χ0n) is 37.0. The van der Waals surface area contributed by atoms with Gasteiger partial charge in [-0.1, -0.05) is 194 Å². The van der Waals surface area contributed by atoms with Crippen LogP contribution in [0.25, 0.3) is 122 Å². The maximum atomic E-state index is 5.19. The minimum absolute atomic E-state index is 0.683. The van der Waals surface area contributed by atoms with E-state index in [9.17, 15) is 0 Å². The molecule has 4 nitrogen and oxygen atoms in total. The summed E-state index contributed by atoms with van der Waals surface area (Å²) >= 11 is 0. The lowest BCUT2D eigenvalue weighted by Crippen LogP contribution is -1.98. The van der Waals surface area contributed by atoms with Crippen molar-refractivity contribution in [3.63, 3.8) is 0 Å². The SMILES string of the molecule is c1ccc(-c2cc(-c3ccccc3)cc(-n3c4ccccc4c4ccc(-c5ccc6c7ccccc7n(-c7cccc(-c8nc(-c9ccccc9)cc(-c9ccccc9)n8)c7)c6c5)cc43)c2)cc1. The summed E-state index contributed by atoms with van der Waals surface area (Å²) in [5, 5.41) is 4.85. The predicted molar refractivity (Wildman–Crippen MR) is 283 cm³/mol. The molecule has 0 aliphatic heterocycles. The molecular formula is C64H42N4. The van der Waals surface area contributed by atoms with E-state index in [1.807, 2.05) is 12.1 Å². The number of hydrogen-bond acceptors (Lipinski definition) is 2. The maximum absolute atomic E-state index is 5.19. The molecule has 0 unspecified atom stereocenters. The van der Waals surface area contributed by atoms with Crippen LogP contribution in [0.5, 0.6) is 0 Å². The highest BCUT2D eigenvalue weighted by atomic mass is 15.0. The Morgan fingerprint density at radius 1 is 0.221 bits per heavy atom. The van der Waals surface area contributed by atoms with E-state index in [0.29, 0.717) is 5.82 Å². The summed E-state index contributed by atoms with van der Waals surface area (Å²) in [6.07, 6.45) is 0. The van der Waals surface area contributed by atoms with Crippen molar-refractivity contribution < 1.29 is 0 Å². The van der Waals surface area contributed by atoms with E-state index in [-0.39, 0.29) is 0 Å². The van der Waals surface area contributed by atoms with Gasteiger partial charge in [-0.2, -0.15) is 0 Å². The molecule has 0 amide bonds. The van der Waals surface area contributed by atoms with Gasteiger partial charge in [0.1, 0.15) is 0 Å². The molecule has 0 N–H and O–H groups in total. The second kappa shape index (κ2) is 16.4. The van der Waals surface area contributed by atoms with E-state index in [1.54, 1.807) is 0 Å². The first-order valence-corrected chi connectivity index (χ1v) is 23.1. The molecule has 318 valence electrons. The standard InChI is InChI=1S/C64H42N4/c1-5-18-43(19-6-1)50-36-51(44-20-7-2-8-21-44)39-53(38-50)68-61-31-16-14-29-55(61)57-35-33-48(41-63(57)68)47-32-34-56-54-28-13-15-30-60(54)67(62(56)40-47)52-27-17-26-49(37-52)64-65-58(45-22-9-3-10-23-45)42-59(66-64)46-24-11-4-12-25-46/h1-42H. The monoisotopic (exact) mass is 866 g/mol. The largest absolute Gasteiger partial charge is 0.309 e. The lowest BCUT2D eigenvalue weighted by atomic mass is 9.98. The van der Waals surface area contributed by atoms with Gasteiger partial charge < -0.3 is 9.13 Å². The molecule has 13 rings (SSSR count). The van der Waals surface area contributed by atoms with Crippen molar-refractivity contribution in [3.05, 3.63) is 255 Å². The molecule has 0 aliphatic rings. The van der Waals surface area contributed by atoms with Gasteiger partial charge in [-0.25, -0.2) is 9.97 Å². The lowest BCUT2D eigenvalue weighted by molar-refractivity contribution is 1.16. The zero-order valence-corrected chi connectivity index (χ0v) is 37.0. The fourth-order valence-electron chi connectivity index (χ4n) is 10.1. The summed E-state index contributed by atoms with van der Waals surface area (Å²) in [5.74, 6) is 0.683. The third kappa shape index (κ3) is 6.86. The van der Waals surface area contributed by atoms with Gasteiger partial charge in [0.2, 0.25) is 0 Å². The van der Waals surface area contributed by atoms with E-state index in [1.165, 1.54) is 49.3 Å². The van der Waals surface area contributed by atoms with Crippen molar-refractivity contribution in [2.75, 3.05) is 0 Å². The number of aromatic nitrogens is 4. The minimum Gasteiger partial charge on any atom is -0.309 e. The molecule has 0 atom stereocenters. The molecule has 0 spiro atoms. The van der Waals surface area contributed by atoms with Gasteiger partial charge in [-0.15, -0.1) is 0 Å². The van der Waals surface area contributed by atoms with Gasteiger partial charge >= 0.3 is 0 Å². The Labute approximate surface area is 394 Å². The fourth-order valence-corrected chi connectivity index (χ4v) is 10.1. The molecule has 68 heavy (non-hydrogen) atoms. The summed E-state index contributed by atoms with van der Waals surface area (Å²) in [6.45, 7) is 0. The highest BCUT2D eigenvalue weighted by Gasteiger charge is 2.19. The van der Waals surface area contributed by atoms with E-state index < -0.39 is 0 Å². The van der Waals surface area contributed by atoms with Gasteiger partial charge in [-0.3, -0.25) is 0 Å². The summed E-state index contributed by atoms with van der Waals surface area (Å²) in [5.41, 5.74) is 18.6. The van der Waals surface area contributed by atoms with E-state index in [2.05, 4.69) is 252 Å². The van der Waals surface area contributed by atoms with Gasteiger partial charge in [0.15, 0.2) is 5.82 Å². The molecule has 0 radical (unpaired) electrons. The third-order valence-electron chi connectivity index (χ3n) is 13.3. The molecule has 0 bridgehead atoms. The number of fused-ring (bicyclic) bond motifs is 6. The smallest absolute Gasteiger partial charge is 0.160 e. The average molecular weight is 867 g/mol. The number of para-hydroxylation sites is 2. The van der Waals surface area contributed by atoms with Crippen molar-refractivity contribution >= 4 is 43.6 Å². The number of hydrogen-bond donors (Lipinski definition) is 0. The molecule has 4 heteroatoms. The third-order valence-corrected chi connectivity index (χ3v) is 13.3. The first-order chi connectivity index (χ1) is 33.7. The second-order valence-electron chi connectivity index (χ2n) is 17.4. The Bertz CT molecular complexity index is 3890. The van der Waals surface area contributed by atoms with Crippen LogP contribution in [-0.4, -0.2) is 19.1 Å². The summed E-state index contributed by atoms with van der Waals surface area (Å²) < 4.78 is 4.85. The summed E-state index contributed by atoms with van der Waals surface area (Å²) in [6, 6.07) is 91.3. The molecule has 0 saturated heterocycles. The predicted octanol–water partition coefficient (Wildman–Crippen LogP) is 16.7. The lowest BCUT2D eigenvalue weighted by Gasteiger charge is -2.14. The van der Waals surface area contributed by atoms with Crippen LogP contribution in [0.2, 0.25) is 0 Å². The molecule has 3 aromatic heterocycles. The summed E-state index contributed by atoms with van der Waals surface area (Å²) in [7, 11) is 0. The van der Waals surface area contributed by atoms with Crippen LogP contribution in [0.1, 0.15) is 0 Å². The zero-order chi connectivity index (χ0) is 45.0. The van der Waals surface area contributed by atoms with Gasteiger partial charge in [0, 0.05) is 49.6 Å². The van der Waals surface area contributed by atoms with Crippen molar-refractivity contribution in [3.8, 4) is 78.7 Å². The van der Waals surface area contributed by atoms with Crippen LogP contribution in [0.15, 0.2) is 255 Å². The number of benzene rings is 10. The second-order valence-corrected chi connectivity index (χ2v) is 17.4. The van der Waals surface area contributed by atoms with Crippen LogP contribution >= 0.6 is 0 Å². The summed E-state index contributed by atoms with van der Waals surface area (Å²) in [4.78, 5) is 10.4. The molecule has 3 heterocycles. The van der Waals surface area contributed by atoms with Crippen molar-refractivity contribution in [2.45, 2.75) is 0 Å². The Kier molecular flexibility index (Phi) is 9.47. The molecule has 13 aromatic rings. The van der Waals surface area contributed by atoms with Crippen molar-refractivity contribution in [2.24, 2.45) is 0 Å². The quantitative estimate of drug-likeness (QED) is 0.153. The average Bonchev–Trinajstić information content (AvgIpc) is 3.94. The van der Waals surface area contributed by atoms with Crippen LogP contribution in [0, 0.1) is 0 Å². The molecule has 10 aromatic carbocycles. The highest BCUT2D eigenvalue weighted by Crippen LogP contribution is 2.40. The normalized spacial score (nSPS) is 11.5. The van der Waals surface area contributed by atoms with E-state index in [0.717, 1.165) is 67.1 Å². The number of rotatable bonds is 8. The minimum atomic E-state index is 0.683. The van der Waals surface area contributed by atoms with Crippen LogP contribution in [-0.2, 0) is 0 Å². The molecule has 0 aliphatic carbocycles. The van der Waals surface area contributed by atoms with Gasteiger partial charge in [-0.05, 0) is 94.0 Å². The Morgan fingerprint density at radius 2 is 0.618 bits per heavy atom. The first kappa shape index (κ1) is 39.3. The van der Waals surface area contributed by atoms with Gasteiger partial charge in [0.05, 0.1) is 33.5 Å². The van der Waals surface area contributed by atoms with Gasteiger partial charge in [0.25, 0.3) is 0 Å². The molecular weight excluding hydrogens is 825 g/mol. The Morgan fingerprint density at radius 3 is 1.12 bits per heavy atom. The van der Waals surface area contributed by atoms with Crippen molar-refractivity contribution in [1.82, 2.24) is 19.1 Å². The first-order valence-electron chi connectivity index (χ1n) is 23.1. The fraction of sp³-hybridized carbons (Fsp3) is 0.